The molecule has 1 heterocycles. The van der Waals surface area contributed by atoms with E-state index in [1.807, 2.05) is 30.3 Å². The summed E-state index contributed by atoms with van der Waals surface area (Å²) in [6.07, 6.45) is 2.43. The molecule has 7 heteroatoms. The molecule has 1 aliphatic rings. The second-order valence-electron chi connectivity index (χ2n) is 8.95. The Labute approximate surface area is 211 Å². The normalized spacial score (nSPS) is 18.3. The summed E-state index contributed by atoms with van der Waals surface area (Å²) >= 11 is 0. The highest BCUT2D eigenvalue weighted by atomic mass is 19.2. The molecule has 3 aromatic rings. The number of rotatable bonds is 4. The second-order valence-corrected chi connectivity index (χ2v) is 8.95. The molecule has 0 bridgehead atoms. The number of carbonyl (C=O) groups excluding carboxylic acids is 1. The number of hydrogen-bond donors (Lipinski definition) is 1. The van der Waals surface area contributed by atoms with Crippen LogP contribution in [0.25, 0.3) is 0 Å². The topological polar surface area (TPSA) is 50.8 Å². The van der Waals surface area contributed by atoms with Crippen molar-refractivity contribution in [3.8, 4) is 5.75 Å². The van der Waals surface area contributed by atoms with Crippen LogP contribution in [0.15, 0.2) is 72.8 Å². The predicted octanol–water partition coefficient (Wildman–Crippen LogP) is 5.00. The van der Waals surface area contributed by atoms with E-state index in [2.05, 4.69) is 22.3 Å². The summed E-state index contributed by atoms with van der Waals surface area (Å²) in [6.45, 7) is 2.96. The summed E-state index contributed by atoms with van der Waals surface area (Å²) in [7, 11) is 0. The monoisotopic (exact) mass is 494 g/mol. The van der Waals surface area contributed by atoms with Gasteiger partial charge in [-0.15, -0.1) is 0 Å². The van der Waals surface area contributed by atoms with Gasteiger partial charge in [-0.1, -0.05) is 48.5 Å². The first-order valence-electron chi connectivity index (χ1n) is 12.4. The summed E-state index contributed by atoms with van der Waals surface area (Å²) in [5, 5.41) is 2.89. The van der Waals surface area contributed by atoms with Crippen molar-refractivity contribution in [1.82, 2.24) is 10.2 Å². The lowest BCUT2D eigenvalue weighted by Gasteiger charge is -2.32. The van der Waals surface area contributed by atoms with Crippen molar-refractivity contribution in [1.29, 1.82) is 0 Å². The molecular formula is C29H32F2N2O3. The SMILES string of the molecule is O=C1NCCOCCCCN(Cc2ccc(F)c(F)c2)[C@@H](Cc2ccccc2)COc2ccccc21. The molecule has 0 unspecified atom stereocenters. The van der Waals surface area contributed by atoms with Gasteiger partial charge in [-0.3, -0.25) is 9.69 Å². The standard InChI is InChI=1S/C29H32F2N2O3/c30-26-13-12-23(19-27(26)31)20-33-15-6-7-16-35-17-14-32-29(34)25-10-4-5-11-28(25)36-21-24(33)18-22-8-2-1-3-9-22/h1-5,8-13,19,24H,6-7,14-18,20-21H2,(H,32,34)/t24-/m0/s1. The molecule has 190 valence electrons. The minimum absolute atomic E-state index is 0.0670. The molecule has 0 fully saturated rings. The van der Waals surface area contributed by atoms with Gasteiger partial charge in [-0.25, -0.2) is 8.78 Å². The summed E-state index contributed by atoms with van der Waals surface area (Å²) in [6, 6.07) is 21.3. The highest BCUT2D eigenvalue weighted by molar-refractivity contribution is 5.96. The largest absolute Gasteiger partial charge is 0.491 e. The molecule has 1 aliphatic heterocycles. The average molecular weight is 495 g/mol. The molecule has 1 atom stereocenters. The van der Waals surface area contributed by atoms with Gasteiger partial charge in [0.1, 0.15) is 12.4 Å². The van der Waals surface area contributed by atoms with Gasteiger partial charge in [0.05, 0.1) is 12.2 Å². The Morgan fingerprint density at radius 3 is 2.53 bits per heavy atom. The van der Waals surface area contributed by atoms with E-state index < -0.39 is 11.6 Å². The highest BCUT2D eigenvalue weighted by Crippen LogP contribution is 2.21. The minimum atomic E-state index is -0.855. The van der Waals surface area contributed by atoms with Gasteiger partial charge >= 0.3 is 0 Å². The van der Waals surface area contributed by atoms with Gasteiger partial charge in [-0.2, -0.15) is 0 Å². The molecule has 0 radical (unpaired) electrons. The maximum Gasteiger partial charge on any atom is 0.255 e. The zero-order chi connectivity index (χ0) is 25.2. The Hall–Kier alpha value is -3.29. The first kappa shape index (κ1) is 25.8. The van der Waals surface area contributed by atoms with E-state index in [1.54, 1.807) is 18.2 Å². The van der Waals surface area contributed by atoms with Crippen molar-refractivity contribution in [2.24, 2.45) is 0 Å². The Kier molecular flexibility index (Phi) is 9.41. The number of nitrogens with one attached hydrogen (secondary N) is 1. The van der Waals surface area contributed by atoms with Crippen molar-refractivity contribution >= 4 is 5.91 Å². The molecule has 0 aliphatic carbocycles. The summed E-state index contributed by atoms with van der Waals surface area (Å²) in [5.41, 5.74) is 2.31. The molecule has 5 nitrogen and oxygen atoms in total. The van der Waals surface area contributed by atoms with E-state index in [0.29, 0.717) is 56.2 Å². The van der Waals surface area contributed by atoms with Crippen LogP contribution in [0, 0.1) is 11.6 Å². The van der Waals surface area contributed by atoms with Crippen molar-refractivity contribution in [2.45, 2.75) is 31.8 Å². The van der Waals surface area contributed by atoms with Gasteiger partial charge in [0.25, 0.3) is 5.91 Å². The van der Waals surface area contributed by atoms with E-state index in [0.717, 1.165) is 24.9 Å². The van der Waals surface area contributed by atoms with E-state index in [9.17, 15) is 13.6 Å². The Bertz CT molecular complexity index is 1130. The fraction of sp³-hybridized carbons (Fsp3) is 0.345. The highest BCUT2D eigenvalue weighted by Gasteiger charge is 2.22. The third-order valence-electron chi connectivity index (χ3n) is 6.28. The van der Waals surface area contributed by atoms with Crippen LogP contribution in [0.1, 0.15) is 34.3 Å². The van der Waals surface area contributed by atoms with E-state index >= 15 is 0 Å². The van der Waals surface area contributed by atoms with Crippen LogP contribution in [-0.2, 0) is 17.7 Å². The van der Waals surface area contributed by atoms with Gasteiger partial charge in [0.15, 0.2) is 11.6 Å². The van der Waals surface area contributed by atoms with Crippen LogP contribution in [0.4, 0.5) is 8.78 Å². The number of ether oxygens (including phenoxy) is 2. The van der Waals surface area contributed by atoms with E-state index in [-0.39, 0.29) is 11.9 Å². The Morgan fingerprint density at radius 1 is 0.889 bits per heavy atom. The molecule has 0 aromatic heterocycles. The molecule has 0 spiro atoms. The smallest absolute Gasteiger partial charge is 0.255 e. The van der Waals surface area contributed by atoms with E-state index in [4.69, 9.17) is 9.47 Å². The number of hydrogen-bond acceptors (Lipinski definition) is 4. The summed E-state index contributed by atoms with van der Waals surface area (Å²) < 4.78 is 39.5. The molecule has 0 saturated carbocycles. The van der Waals surface area contributed by atoms with Gasteiger partial charge in [0.2, 0.25) is 0 Å². The second kappa shape index (κ2) is 13.1. The van der Waals surface area contributed by atoms with Crippen LogP contribution < -0.4 is 10.1 Å². The summed E-state index contributed by atoms with van der Waals surface area (Å²) in [5.74, 6) is -1.40. The van der Waals surface area contributed by atoms with Gasteiger partial charge in [-0.05, 0) is 61.2 Å². The number of fused-ring (bicyclic) bond motifs is 1. The quantitative estimate of drug-likeness (QED) is 0.555. The third-order valence-corrected chi connectivity index (χ3v) is 6.28. The molecule has 36 heavy (non-hydrogen) atoms. The number of amides is 1. The zero-order valence-corrected chi connectivity index (χ0v) is 20.3. The van der Waals surface area contributed by atoms with Crippen LogP contribution in [-0.4, -0.2) is 49.8 Å². The van der Waals surface area contributed by atoms with Crippen LogP contribution in [0.5, 0.6) is 5.75 Å². The maximum absolute atomic E-state index is 14.0. The number of halogens is 2. The van der Waals surface area contributed by atoms with Crippen molar-refractivity contribution < 1.29 is 23.0 Å². The number of benzene rings is 3. The minimum Gasteiger partial charge on any atom is -0.491 e. The zero-order valence-electron chi connectivity index (χ0n) is 20.3. The summed E-state index contributed by atoms with van der Waals surface area (Å²) in [4.78, 5) is 15.0. The third kappa shape index (κ3) is 7.35. The number of nitrogens with zero attached hydrogens (tertiary/aromatic N) is 1. The molecule has 1 amide bonds. The predicted molar refractivity (Wildman–Crippen MR) is 135 cm³/mol. The lowest BCUT2D eigenvalue weighted by Crippen LogP contribution is -2.41. The van der Waals surface area contributed by atoms with Crippen molar-refractivity contribution in [3.05, 3.63) is 101 Å². The Balaban J connectivity index is 1.63. The maximum atomic E-state index is 14.0. The first-order valence-corrected chi connectivity index (χ1v) is 12.4. The average Bonchev–Trinajstić information content (AvgIpc) is 2.90. The van der Waals surface area contributed by atoms with E-state index in [1.165, 1.54) is 12.1 Å². The molecule has 0 saturated heterocycles. The number of para-hydroxylation sites is 1. The first-order chi connectivity index (χ1) is 17.6. The van der Waals surface area contributed by atoms with Crippen LogP contribution >= 0.6 is 0 Å². The fourth-order valence-corrected chi connectivity index (χ4v) is 4.36. The van der Waals surface area contributed by atoms with Crippen molar-refractivity contribution in [3.63, 3.8) is 0 Å². The number of carbonyl (C=O) groups is 1. The van der Waals surface area contributed by atoms with Crippen LogP contribution in [0.2, 0.25) is 0 Å². The Morgan fingerprint density at radius 2 is 1.69 bits per heavy atom. The fourth-order valence-electron chi connectivity index (χ4n) is 4.36. The van der Waals surface area contributed by atoms with Crippen LogP contribution in [0.3, 0.4) is 0 Å². The van der Waals surface area contributed by atoms with Gasteiger partial charge in [0, 0.05) is 25.7 Å². The molecule has 3 aromatic carbocycles. The lowest BCUT2D eigenvalue weighted by atomic mass is 10.0. The molecule has 4 rings (SSSR count). The van der Waals surface area contributed by atoms with Gasteiger partial charge < -0.3 is 14.8 Å². The molecular weight excluding hydrogens is 462 g/mol. The lowest BCUT2D eigenvalue weighted by molar-refractivity contribution is 0.0908. The molecule has 1 N–H and O–H groups in total. The van der Waals surface area contributed by atoms with Crippen molar-refractivity contribution in [2.75, 3.05) is 32.9 Å².